The van der Waals surface area contributed by atoms with Crippen molar-refractivity contribution in [1.29, 1.82) is 0 Å². The molecule has 4 nitrogen and oxygen atoms in total. The third kappa shape index (κ3) is 7.32. The van der Waals surface area contributed by atoms with Gasteiger partial charge in [-0.25, -0.2) is 4.39 Å². The lowest BCUT2D eigenvalue weighted by Gasteiger charge is -2.39. The van der Waals surface area contributed by atoms with Gasteiger partial charge in [0.1, 0.15) is 5.82 Å². The van der Waals surface area contributed by atoms with Crippen molar-refractivity contribution in [2.45, 2.75) is 101 Å². The Morgan fingerprint density at radius 1 is 0.949 bits per heavy atom. The van der Waals surface area contributed by atoms with Gasteiger partial charge < -0.3 is 10.2 Å². The van der Waals surface area contributed by atoms with Crippen LogP contribution in [-0.4, -0.2) is 52.3 Å². The molecular formula is C33H44FN3OS. The number of hydrogen-bond acceptors (Lipinski definition) is 4. The minimum atomic E-state index is -0.242. The first kappa shape index (κ1) is 28.4. The summed E-state index contributed by atoms with van der Waals surface area (Å²) in [5, 5.41) is 5.36. The Morgan fingerprint density at radius 2 is 1.64 bits per heavy atom. The second-order valence-corrected chi connectivity index (χ2v) is 13.0. The summed E-state index contributed by atoms with van der Waals surface area (Å²) < 4.78 is 13.2. The Hall–Kier alpha value is -2.18. The van der Waals surface area contributed by atoms with Crippen LogP contribution in [0.15, 0.2) is 53.5 Å². The van der Waals surface area contributed by atoms with Gasteiger partial charge >= 0.3 is 0 Å². The summed E-state index contributed by atoms with van der Waals surface area (Å²) >= 11 is 2.06. The Morgan fingerprint density at radius 3 is 2.31 bits per heavy atom. The number of fused-ring (bicyclic) bond motifs is 1. The van der Waals surface area contributed by atoms with Crippen LogP contribution in [0.5, 0.6) is 0 Å². The second-order valence-electron chi connectivity index (χ2n) is 11.7. The number of halogens is 1. The van der Waals surface area contributed by atoms with E-state index in [1.165, 1.54) is 75.2 Å². The Balaban J connectivity index is 1.05. The van der Waals surface area contributed by atoms with Crippen molar-refractivity contribution in [3.8, 4) is 11.1 Å². The van der Waals surface area contributed by atoms with E-state index in [0.29, 0.717) is 16.9 Å². The minimum Gasteiger partial charge on any atom is -0.349 e. The number of carbonyl (C=O) groups is 1. The maximum Gasteiger partial charge on any atom is 0.251 e. The molecule has 0 spiro atoms. The molecule has 3 atom stereocenters. The van der Waals surface area contributed by atoms with Crippen LogP contribution in [0.2, 0.25) is 0 Å². The van der Waals surface area contributed by atoms with Crippen LogP contribution in [0.4, 0.5) is 4.39 Å². The smallest absolute Gasteiger partial charge is 0.251 e. The summed E-state index contributed by atoms with van der Waals surface area (Å²) in [6.07, 6.45) is 12.0. The summed E-state index contributed by atoms with van der Waals surface area (Å²) in [6.45, 7) is 6.97. The van der Waals surface area contributed by atoms with Crippen LogP contribution < -0.4 is 5.32 Å². The molecule has 1 aliphatic heterocycles. The average Bonchev–Trinajstić information content (AvgIpc) is 3.39. The maximum atomic E-state index is 13.2. The highest BCUT2D eigenvalue weighted by Crippen LogP contribution is 2.40. The van der Waals surface area contributed by atoms with Crippen LogP contribution in [0, 0.1) is 11.7 Å². The van der Waals surface area contributed by atoms with Gasteiger partial charge in [0.15, 0.2) is 0 Å². The van der Waals surface area contributed by atoms with Crippen molar-refractivity contribution < 1.29 is 9.18 Å². The molecule has 1 heterocycles. The molecule has 0 radical (unpaired) electrons. The highest BCUT2D eigenvalue weighted by atomic mass is 32.2. The molecule has 3 unspecified atom stereocenters. The topological polar surface area (TPSA) is 44.7 Å². The number of amides is 1. The standard InChI is InChI=1S/C33H44FN3OS/c1-3-20-37(29-17-18-30-31(22-29)39-32(4-2)36-30)21-19-23-5-15-28(16-6-23)35-33(38)26-9-7-24(8-10-26)25-11-13-27(34)14-12-25/h7-14,23,28-31H,3-6,15-22H2,1-2H3,(H,35,38). The van der Waals surface area contributed by atoms with Crippen molar-refractivity contribution in [1.82, 2.24) is 10.2 Å². The Kier molecular flexibility index (Phi) is 9.78. The van der Waals surface area contributed by atoms with E-state index in [-0.39, 0.29) is 17.8 Å². The Labute approximate surface area is 238 Å². The van der Waals surface area contributed by atoms with Gasteiger partial charge in [0.05, 0.1) is 11.1 Å². The predicted octanol–water partition coefficient (Wildman–Crippen LogP) is 7.73. The second kappa shape index (κ2) is 13.5. The first-order valence-corrected chi connectivity index (χ1v) is 16.0. The summed E-state index contributed by atoms with van der Waals surface area (Å²) in [5.41, 5.74) is 2.62. The predicted molar refractivity (Wildman–Crippen MR) is 162 cm³/mol. The number of rotatable bonds is 10. The van der Waals surface area contributed by atoms with Gasteiger partial charge in [0, 0.05) is 22.9 Å². The highest BCUT2D eigenvalue weighted by Gasteiger charge is 2.37. The molecule has 2 aromatic carbocycles. The number of nitrogens with one attached hydrogen (secondary N) is 1. The summed E-state index contributed by atoms with van der Waals surface area (Å²) in [5.74, 6) is 0.530. The van der Waals surface area contributed by atoms with E-state index >= 15 is 0 Å². The lowest BCUT2D eigenvalue weighted by Crippen LogP contribution is -2.44. The molecule has 39 heavy (non-hydrogen) atoms. The van der Waals surface area contributed by atoms with Crippen LogP contribution in [-0.2, 0) is 0 Å². The number of benzene rings is 2. The van der Waals surface area contributed by atoms with E-state index in [1.54, 1.807) is 12.1 Å². The molecule has 2 aromatic rings. The number of aliphatic imine (C=N–C) groups is 1. The first-order chi connectivity index (χ1) is 19.0. The van der Waals surface area contributed by atoms with Gasteiger partial charge in [-0.2, -0.15) is 0 Å². The molecule has 2 aliphatic carbocycles. The molecule has 0 saturated heterocycles. The number of thioether (sulfide) groups is 1. The normalized spacial score (nSPS) is 26.8. The highest BCUT2D eigenvalue weighted by molar-refractivity contribution is 8.14. The fourth-order valence-corrected chi connectivity index (χ4v) is 8.08. The van der Waals surface area contributed by atoms with Gasteiger partial charge in [-0.05, 0) is 119 Å². The van der Waals surface area contributed by atoms with Crippen molar-refractivity contribution in [3.63, 3.8) is 0 Å². The molecular weight excluding hydrogens is 505 g/mol. The van der Waals surface area contributed by atoms with Gasteiger partial charge in [0.25, 0.3) is 5.91 Å². The van der Waals surface area contributed by atoms with Crippen molar-refractivity contribution in [3.05, 3.63) is 59.9 Å². The van der Waals surface area contributed by atoms with Gasteiger partial charge in [-0.1, -0.05) is 38.1 Å². The van der Waals surface area contributed by atoms with Crippen molar-refractivity contribution in [2.24, 2.45) is 10.9 Å². The zero-order chi connectivity index (χ0) is 27.2. The van der Waals surface area contributed by atoms with Gasteiger partial charge in [0.2, 0.25) is 0 Å². The molecule has 1 N–H and O–H groups in total. The Bertz CT molecular complexity index is 1110. The molecule has 2 fully saturated rings. The summed E-state index contributed by atoms with van der Waals surface area (Å²) in [7, 11) is 0. The molecule has 1 amide bonds. The van der Waals surface area contributed by atoms with Gasteiger partial charge in [-0.3, -0.25) is 9.79 Å². The van der Waals surface area contributed by atoms with Gasteiger partial charge in [-0.15, -0.1) is 11.8 Å². The third-order valence-electron chi connectivity index (χ3n) is 8.99. The van der Waals surface area contributed by atoms with Crippen molar-refractivity contribution in [2.75, 3.05) is 13.1 Å². The fraction of sp³-hybridized carbons (Fsp3) is 0.576. The minimum absolute atomic E-state index is 0.00817. The first-order valence-electron chi connectivity index (χ1n) is 15.2. The number of carbonyl (C=O) groups excluding carboxylic acids is 1. The quantitative estimate of drug-likeness (QED) is 0.330. The van der Waals surface area contributed by atoms with E-state index in [9.17, 15) is 9.18 Å². The van der Waals surface area contributed by atoms with Crippen molar-refractivity contribution >= 4 is 22.7 Å². The van der Waals surface area contributed by atoms with E-state index in [2.05, 4.69) is 35.8 Å². The lowest BCUT2D eigenvalue weighted by atomic mass is 9.83. The average molecular weight is 550 g/mol. The molecule has 210 valence electrons. The number of hydrogen-bond donors (Lipinski definition) is 1. The van der Waals surface area contributed by atoms with Crippen LogP contribution in [0.25, 0.3) is 11.1 Å². The van der Waals surface area contributed by atoms with E-state index in [1.807, 2.05) is 24.3 Å². The fourth-order valence-electron chi connectivity index (χ4n) is 6.70. The largest absolute Gasteiger partial charge is 0.349 e. The van der Waals surface area contributed by atoms with E-state index < -0.39 is 0 Å². The van der Waals surface area contributed by atoms with Crippen LogP contribution in [0.1, 0.15) is 88.4 Å². The number of nitrogens with zero attached hydrogens (tertiary/aromatic N) is 2. The van der Waals surface area contributed by atoms with E-state index in [0.717, 1.165) is 42.3 Å². The third-order valence-corrected chi connectivity index (χ3v) is 10.5. The maximum absolute atomic E-state index is 13.2. The SMILES string of the molecule is CCCN(CCC1CCC(NC(=O)c2ccc(-c3ccc(F)cc3)cc2)CC1)C1CCC2N=C(CC)SC2C1. The molecule has 2 saturated carbocycles. The zero-order valence-electron chi connectivity index (χ0n) is 23.6. The van der Waals surface area contributed by atoms with Crippen LogP contribution >= 0.6 is 11.8 Å². The lowest BCUT2D eigenvalue weighted by molar-refractivity contribution is 0.0917. The molecule has 0 bridgehead atoms. The summed E-state index contributed by atoms with van der Waals surface area (Å²) in [6, 6.07) is 15.6. The molecule has 3 aliphatic rings. The molecule has 0 aromatic heterocycles. The monoisotopic (exact) mass is 549 g/mol. The molecule has 5 rings (SSSR count). The summed E-state index contributed by atoms with van der Waals surface area (Å²) in [4.78, 5) is 20.7. The van der Waals surface area contributed by atoms with Crippen LogP contribution in [0.3, 0.4) is 0 Å². The zero-order valence-corrected chi connectivity index (χ0v) is 24.4. The molecule has 6 heteroatoms. The van der Waals surface area contributed by atoms with E-state index in [4.69, 9.17) is 4.99 Å².